The minimum atomic E-state index is -0.422. The molecule has 4 nitrogen and oxygen atoms in total. The van der Waals surface area contributed by atoms with Crippen molar-refractivity contribution in [3.8, 4) is 0 Å². The van der Waals surface area contributed by atoms with E-state index in [0.29, 0.717) is 6.04 Å². The fraction of sp³-hybridized carbons (Fsp3) is 0.938. The van der Waals surface area contributed by atoms with Crippen molar-refractivity contribution in [2.45, 2.75) is 78.0 Å². The van der Waals surface area contributed by atoms with Gasteiger partial charge in [-0.15, -0.1) is 0 Å². The molecule has 20 heavy (non-hydrogen) atoms. The number of carbonyl (C=O) groups is 1. The molecule has 1 rings (SSSR count). The van der Waals surface area contributed by atoms with Gasteiger partial charge in [-0.25, -0.2) is 4.79 Å². The second kappa shape index (κ2) is 7.30. The van der Waals surface area contributed by atoms with E-state index >= 15 is 0 Å². The Bertz CT molecular complexity index is 308. The number of ether oxygens (including phenoxy) is 1. The zero-order valence-electron chi connectivity index (χ0n) is 14.1. The van der Waals surface area contributed by atoms with Gasteiger partial charge in [-0.05, 0) is 53.0 Å². The summed E-state index contributed by atoms with van der Waals surface area (Å²) in [6, 6.07) is 0.920. The number of likely N-dealkylation sites (N-methyl/N-ethyl adjacent to an activating group) is 1. The minimum Gasteiger partial charge on any atom is -0.444 e. The van der Waals surface area contributed by atoms with Gasteiger partial charge >= 0.3 is 6.09 Å². The molecule has 1 atom stereocenters. The summed E-state index contributed by atoms with van der Waals surface area (Å²) in [7, 11) is 1.87. The SMILES string of the molecule is CCC(CC)N1CCC[C@@H](N(C)C(=O)OC(C)(C)C)C1. The predicted octanol–water partition coefficient (Wildman–Crippen LogP) is 3.51. The first-order chi connectivity index (χ1) is 9.28. The first-order valence-corrected chi connectivity index (χ1v) is 7.98. The number of hydrogen-bond donors (Lipinski definition) is 0. The van der Waals surface area contributed by atoms with Crippen LogP contribution in [-0.4, -0.2) is 53.7 Å². The second-order valence-electron chi connectivity index (χ2n) is 6.85. The lowest BCUT2D eigenvalue weighted by Gasteiger charge is -2.41. The van der Waals surface area contributed by atoms with Gasteiger partial charge in [0, 0.05) is 25.7 Å². The fourth-order valence-corrected chi connectivity index (χ4v) is 2.92. The molecule has 118 valence electrons. The van der Waals surface area contributed by atoms with E-state index in [-0.39, 0.29) is 12.1 Å². The molecule has 1 aliphatic rings. The number of amides is 1. The first kappa shape index (κ1) is 17.3. The maximum Gasteiger partial charge on any atom is 0.410 e. The molecule has 0 unspecified atom stereocenters. The Balaban J connectivity index is 2.60. The third kappa shape index (κ3) is 4.97. The van der Waals surface area contributed by atoms with E-state index in [1.807, 2.05) is 27.8 Å². The zero-order chi connectivity index (χ0) is 15.3. The van der Waals surface area contributed by atoms with Gasteiger partial charge in [-0.2, -0.15) is 0 Å². The van der Waals surface area contributed by atoms with Gasteiger partial charge in [0.1, 0.15) is 5.60 Å². The highest BCUT2D eigenvalue weighted by molar-refractivity contribution is 5.68. The molecule has 1 heterocycles. The zero-order valence-corrected chi connectivity index (χ0v) is 14.1. The van der Waals surface area contributed by atoms with Crippen molar-refractivity contribution in [2.75, 3.05) is 20.1 Å². The van der Waals surface area contributed by atoms with Crippen LogP contribution >= 0.6 is 0 Å². The maximum atomic E-state index is 12.2. The second-order valence-corrected chi connectivity index (χ2v) is 6.85. The quantitative estimate of drug-likeness (QED) is 0.792. The van der Waals surface area contributed by atoms with Crippen molar-refractivity contribution in [1.29, 1.82) is 0 Å². The van der Waals surface area contributed by atoms with Crippen LogP contribution in [0.2, 0.25) is 0 Å². The van der Waals surface area contributed by atoms with E-state index in [2.05, 4.69) is 18.7 Å². The van der Waals surface area contributed by atoms with Crippen molar-refractivity contribution in [3.63, 3.8) is 0 Å². The normalized spacial score (nSPS) is 21.1. The molecule has 0 radical (unpaired) electrons. The Morgan fingerprint density at radius 2 is 1.95 bits per heavy atom. The van der Waals surface area contributed by atoms with Crippen LogP contribution in [0.5, 0.6) is 0 Å². The summed E-state index contributed by atoms with van der Waals surface area (Å²) >= 11 is 0. The number of carbonyl (C=O) groups excluding carboxylic acids is 1. The molecule has 1 saturated heterocycles. The molecule has 0 saturated carbocycles. The van der Waals surface area contributed by atoms with Crippen molar-refractivity contribution in [3.05, 3.63) is 0 Å². The average Bonchev–Trinajstić information content (AvgIpc) is 2.37. The van der Waals surface area contributed by atoms with Gasteiger partial charge in [-0.1, -0.05) is 13.8 Å². The lowest BCUT2D eigenvalue weighted by Crippen LogP contribution is -2.52. The molecule has 1 amide bonds. The van der Waals surface area contributed by atoms with E-state index in [0.717, 1.165) is 25.9 Å². The van der Waals surface area contributed by atoms with Crippen LogP contribution in [0.3, 0.4) is 0 Å². The van der Waals surface area contributed by atoms with Crippen LogP contribution in [0.25, 0.3) is 0 Å². The molecule has 0 aliphatic carbocycles. The van der Waals surface area contributed by atoms with Crippen LogP contribution in [0.1, 0.15) is 60.3 Å². The Morgan fingerprint density at radius 1 is 1.35 bits per heavy atom. The van der Waals surface area contributed by atoms with E-state index in [9.17, 15) is 4.79 Å². The molecule has 1 aliphatic heterocycles. The molecule has 0 aromatic heterocycles. The largest absolute Gasteiger partial charge is 0.444 e. The van der Waals surface area contributed by atoms with Crippen molar-refractivity contribution in [1.82, 2.24) is 9.80 Å². The van der Waals surface area contributed by atoms with E-state index in [4.69, 9.17) is 4.74 Å². The lowest BCUT2D eigenvalue weighted by atomic mass is 10.0. The van der Waals surface area contributed by atoms with Crippen LogP contribution in [0.15, 0.2) is 0 Å². The van der Waals surface area contributed by atoms with Crippen LogP contribution < -0.4 is 0 Å². The maximum absolute atomic E-state index is 12.2. The number of likely N-dealkylation sites (tertiary alicyclic amines) is 1. The summed E-state index contributed by atoms with van der Waals surface area (Å²) in [5, 5.41) is 0. The number of nitrogens with zero attached hydrogens (tertiary/aromatic N) is 2. The lowest BCUT2D eigenvalue weighted by molar-refractivity contribution is 0.00954. The third-order valence-corrected chi connectivity index (χ3v) is 4.12. The highest BCUT2D eigenvalue weighted by Crippen LogP contribution is 2.21. The van der Waals surface area contributed by atoms with Crippen molar-refractivity contribution in [2.24, 2.45) is 0 Å². The van der Waals surface area contributed by atoms with Gasteiger partial charge in [-0.3, -0.25) is 4.90 Å². The molecule has 0 spiro atoms. The van der Waals surface area contributed by atoms with Crippen molar-refractivity contribution >= 4 is 6.09 Å². The monoisotopic (exact) mass is 284 g/mol. The Kier molecular flexibility index (Phi) is 6.31. The number of rotatable bonds is 4. The molecule has 0 aromatic carbocycles. The summed E-state index contributed by atoms with van der Waals surface area (Å²) in [6.07, 6.45) is 4.40. The highest BCUT2D eigenvalue weighted by atomic mass is 16.6. The van der Waals surface area contributed by atoms with E-state index in [1.54, 1.807) is 4.90 Å². The molecular formula is C16H32N2O2. The van der Waals surface area contributed by atoms with Gasteiger partial charge in [0.15, 0.2) is 0 Å². The van der Waals surface area contributed by atoms with Crippen LogP contribution in [0.4, 0.5) is 4.79 Å². The Labute approximate surface area is 124 Å². The predicted molar refractivity (Wildman–Crippen MR) is 83.0 cm³/mol. The van der Waals surface area contributed by atoms with Crippen LogP contribution in [-0.2, 0) is 4.74 Å². The van der Waals surface area contributed by atoms with Gasteiger partial charge < -0.3 is 9.64 Å². The number of piperidine rings is 1. The molecule has 1 fully saturated rings. The fourth-order valence-electron chi connectivity index (χ4n) is 2.92. The molecule has 0 N–H and O–H groups in total. The molecule has 4 heteroatoms. The standard InChI is InChI=1S/C16H32N2O2/c1-7-13(8-2)18-11-9-10-14(12-18)17(6)15(19)20-16(3,4)5/h13-14H,7-12H2,1-6H3/t14-/m1/s1. The van der Waals surface area contributed by atoms with Crippen molar-refractivity contribution < 1.29 is 9.53 Å². The molecular weight excluding hydrogens is 252 g/mol. The van der Waals surface area contributed by atoms with Gasteiger partial charge in [0.25, 0.3) is 0 Å². The number of hydrogen-bond acceptors (Lipinski definition) is 3. The summed E-state index contributed by atoms with van der Waals surface area (Å²) in [5.41, 5.74) is -0.422. The topological polar surface area (TPSA) is 32.8 Å². The summed E-state index contributed by atoms with van der Waals surface area (Å²) in [4.78, 5) is 16.5. The van der Waals surface area contributed by atoms with E-state index < -0.39 is 5.60 Å². The third-order valence-electron chi connectivity index (χ3n) is 4.12. The van der Waals surface area contributed by atoms with Gasteiger partial charge in [0.2, 0.25) is 0 Å². The average molecular weight is 284 g/mol. The van der Waals surface area contributed by atoms with Crippen LogP contribution in [0, 0.1) is 0 Å². The molecule has 0 aromatic rings. The Hall–Kier alpha value is -0.770. The Morgan fingerprint density at radius 3 is 2.45 bits per heavy atom. The summed E-state index contributed by atoms with van der Waals surface area (Å²) in [5.74, 6) is 0. The first-order valence-electron chi connectivity index (χ1n) is 7.98. The minimum absolute atomic E-state index is 0.200. The smallest absolute Gasteiger partial charge is 0.410 e. The summed E-state index contributed by atoms with van der Waals surface area (Å²) < 4.78 is 5.47. The summed E-state index contributed by atoms with van der Waals surface area (Å²) in [6.45, 7) is 12.4. The van der Waals surface area contributed by atoms with E-state index in [1.165, 1.54) is 12.8 Å². The van der Waals surface area contributed by atoms with Gasteiger partial charge in [0.05, 0.1) is 0 Å². The highest BCUT2D eigenvalue weighted by Gasteiger charge is 2.30. The molecule has 0 bridgehead atoms.